The number of aryl methyl sites for hydroxylation is 1. The van der Waals surface area contributed by atoms with Gasteiger partial charge in [0.05, 0.1) is 4.92 Å². The van der Waals surface area contributed by atoms with Gasteiger partial charge in [-0.3, -0.25) is 10.1 Å². The molecule has 1 aromatic rings. The van der Waals surface area contributed by atoms with Crippen molar-refractivity contribution >= 4 is 11.4 Å². The van der Waals surface area contributed by atoms with E-state index in [0.29, 0.717) is 11.6 Å². The molecule has 1 aromatic carbocycles. The SMILES string of the molecule is Cc1ccc(N(C)CC2CCN(C)C2)c([N+](=O)[O-])c1. The number of rotatable bonds is 4. The summed E-state index contributed by atoms with van der Waals surface area (Å²) in [6.07, 6.45) is 1.17. The van der Waals surface area contributed by atoms with E-state index in [4.69, 9.17) is 0 Å². The normalized spacial score (nSPS) is 19.6. The van der Waals surface area contributed by atoms with Gasteiger partial charge in [-0.15, -0.1) is 0 Å². The number of likely N-dealkylation sites (tertiary alicyclic amines) is 1. The third-order valence-corrected chi connectivity index (χ3v) is 3.76. The van der Waals surface area contributed by atoms with Gasteiger partial charge in [0.2, 0.25) is 0 Å². The quantitative estimate of drug-likeness (QED) is 0.618. The van der Waals surface area contributed by atoms with E-state index in [2.05, 4.69) is 11.9 Å². The van der Waals surface area contributed by atoms with Crippen LogP contribution in [0.3, 0.4) is 0 Å². The summed E-state index contributed by atoms with van der Waals surface area (Å²) in [4.78, 5) is 15.2. The van der Waals surface area contributed by atoms with E-state index in [0.717, 1.165) is 25.2 Å². The van der Waals surface area contributed by atoms with E-state index in [-0.39, 0.29) is 10.6 Å². The lowest BCUT2D eigenvalue weighted by atomic mass is 10.1. The molecule has 1 atom stereocenters. The highest BCUT2D eigenvalue weighted by Crippen LogP contribution is 2.29. The number of nitro groups is 1. The van der Waals surface area contributed by atoms with Crippen LogP contribution in [0, 0.1) is 23.0 Å². The molecule has 1 unspecified atom stereocenters. The second kappa shape index (κ2) is 5.57. The topological polar surface area (TPSA) is 49.6 Å². The van der Waals surface area contributed by atoms with Crippen LogP contribution in [0.4, 0.5) is 11.4 Å². The average molecular weight is 263 g/mol. The van der Waals surface area contributed by atoms with E-state index < -0.39 is 0 Å². The van der Waals surface area contributed by atoms with Crippen molar-refractivity contribution in [1.29, 1.82) is 0 Å². The maximum absolute atomic E-state index is 11.1. The van der Waals surface area contributed by atoms with Gasteiger partial charge in [0, 0.05) is 26.2 Å². The molecule has 0 spiro atoms. The van der Waals surface area contributed by atoms with E-state index in [1.54, 1.807) is 6.07 Å². The monoisotopic (exact) mass is 263 g/mol. The van der Waals surface area contributed by atoms with E-state index in [9.17, 15) is 10.1 Å². The molecule has 0 amide bonds. The second-order valence-electron chi connectivity index (χ2n) is 5.55. The Morgan fingerprint density at radius 2 is 2.26 bits per heavy atom. The molecule has 1 aliphatic heterocycles. The predicted octanol–water partition coefficient (Wildman–Crippen LogP) is 2.29. The zero-order valence-corrected chi connectivity index (χ0v) is 11.8. The summed E-state index contributed by atoms with van der Waals surface area (Å²) >= 11 is 0. The Morgan fingerprint density at radius 1 is 1.53 bits per heavy atom. The molecule has 19 heavy (non-hydrogen) atoms. The van der Waals surface area contributed by atoms with Crippen LogP contribution in [-0.4, -0.2) is 43.6 Å². The van der Waals surface area contributed by atoms with Crippen LogP contribution >= 0.6 is 0 Å². The summed E-state index contributed by atoms with van der Waals surface area (Å²) in [6, 6.07) is 5.43. The van der Waals surface area contributed by atoms with Crippen molar-refractivity contribution in [1.82, 2.24) is 4.90 Å². The van der Waals surface area contributed by atoms with Gasteiger partial charge < -0.3 is 9.80 Å². The molecule has 5 nitrogen and oxygen atoms in total. The largest absolute Gasteiger partial charge is 0.369 e. The number of benzene rings is 1. The van der Waals surface area contributed by atoms with Crippen molar-refractivity contribution < 1.29 is 4.92 Å². The fourth-order valence-corrected chi connectivity index (χ4v) is 2.76. The molecule has 1 fully saturated rings. The van der Waals surface area contributed by atoms with Gasteiger partial charge in [-0.25, -0.2) is 0 Å². The van der Waals surface area contributed by atoms with Crippen LogP contribution in [0.5, 0.6) is 0 Å². The Morgan fingerprint density at radius 3 is 2.84 bits per heavy atom. The number of hydrogen-bond acceptors (Lipinski definition) is 4. The van der Waals surface area contributed by atoms with Gasteiger partial charge in [-0.1, -0.05) is 6.07 Å². The van der Waals surface area contributed by atoms with Crippen LogP contribution in [-0.2, 0) is 0 Å². The van der Waals surface area contributed by atoms with E-state index in [1.165, 1.54) is 6.42 Å². The summed E-state index contributed by atoms with van der Waals surface area (Å²) < 4.78 is 0. The first kappa shape index (κ1) is 13.8. The maximum Gasteiger partial charge on any atom is 0.292 e. The zero-order chi connectivity index (χ0) is 14.0. The molecule has 1 heterocycles. The van der Waals surface area contributed by atoms with Crippen LogP contribution in [0.25, 0.3) is 0 Å². The van der Waals surface area contributed by atoms with Gasteiger partial charge in [0.25, 0.3) is 5.69 Å². The Hall–Kier alpha value is -1.62. The molecule has 0 N–H and O–H groups in total. The second-order valence-corrected chi connectivity index (χ2v) is 5.55. The fraction of sp³-hybridized carbons (Fsp3) is 0.571. The highest BCUT2D eigenvalue weighted by atomic mass is 16.6. The Balaban J connectivity index is 2.14. The highest BCUT2D eigenvalue weighted by Gasteiger charge is 2.23. The van der Waals surface area contributed by atoms with Crippen molar-refractivity contribution in [3.8, 4) is 0 Å². The van der Waals surface area contributed by atoms with Crippen molar-refractivity contribution in [2.45, 2.75) is 13.3 Å². The average Bonchev–Trinajstić information content (AvgIpc) is 2.74. The molecule has 0 radical (unpaired) electrons. The summed E-state index contributed by atoms with van der Waals surface area (Å²) in [6.45, 7) is 4.94. The smallest absolute Gasteiger partial charge is 0.292 e. The van der Waals surface area contributed by atoms with Gasteiger partial charge in [-0.2, -0.15) is 0 Å². The first-order chi connectivity index (χ1) is 8.97. The van der Waals surface area contributed by atoms with Crippen molar-refractivity contribution in [2.75, 3.05) is 38.6 Å². The van der Waals surface area contributed by atoms with Gasteiger partial charge in [-0.05, 0) is 44.5 Å². The molecule has 2 rings (SSSR count). The number of nitro benzene ring substituents is 1. The number of nitrogens with zero attached hydrogens (tertiary/aromatic N) is 3. The minimum absolute atomic E-state index is 0.203. The van der Waals surface area contributed by atoms with Crippen molar-refractivity contribution in [2.24, 2.45) is 5.92 Å². The molecular weight excluding hydrogens is 242 g/mol. The first-order valence-electron chi connectivity index (χ1n) is 6.62. The van der Waals surface area contributed by atoms with Gasteiger partial charge >= 0.3 is 0 Å². The van der Waals surface area contributed by atoms with Crippen LogP contribution in [0.2, 0.25) is 0 Å². The summed E-state index contributed by atoms with van der Waals surface area (Å²) in [5.74, 6) is 0.593. The molecule has 104 valence electrons. The minimum atomic E-state index is -0.292. The molecular formula is C14H21N3O2. The third kappa shape index (κ3) is 3.23. The highest BCUT2D eigenvalue weighted by molar-refractivity contribution is 5.63. The first-order valence-corrected chi connectivity index (χ1v) is 6.62. The third-order valence-electron chi connectivity index (χ3n) is 3.76. The van der Waals surface area contributed by atoms with E-state index in [1.807, 2.05) is 31.0 Å². The molecule has 1 saturated heterocycles. The lowest BCUT2D eigenvalue weighted by Crippen LogP contribution is -2.27. The Kier molecular flexibility index (Phi) is 4.04. The lowest BCUT2D eigenvalue weighted by molar-refractivity contribution is -0.384. The minimum Gasteiger partial charge on any atom is -0.369 e. The van der Waals surface area contributed by atoms with Crippen LogP contribution in [0.15, 0.2) is 18.2 Å². The van der Waals surface area contributed by atoms with Crippen LogP contribution < -0.4 is 4.90 Å². The lowest BCUT2D eigenvalue weighted by Gasteiger charge is -2.23. The van der Waals surface area contributed by atoms with Gasteiger partial charge in [0.1, 0.15) is 5.69 Å². The Bertz CT molecular complexity index is 476. The van der Waals surface area contributed by atoms with Crippen molar-refractivity contribution in [3.05, 3.63) is 33.9 Å². The summed E-state index contributed by atoms with van der Waals surface area (Å²) in [5.41, 5.74) is 1.84. The number of hydrogen-bond donors (Lipinski definition) is 0. The molecule has 0 bridgehead atoms. The Labute approximate surface area is 114 Å². The molecule has 1 aliphatic rings. The number of anilines is 1. The van der Waals surface area contributed by atoms with Crippen LogP contribution in [0.1, 0.15) is 12.0 Å². The summed E-state index contributed by atoms with van der Waals surface area (Å²) in [7, 11) is 4.06. The molecule has 5 heteroatoms. The van der Waals surface area contributed by atoms with Gasteiger partial charge in [0.15, 0.2) is 0 Å². The predicted molar refractivity (Wildman–Crippen MR) is 76.7 cm³/mol. The fourth-order valence-electron chi connectivity index (χ4n) is 2.76. The standard InChI is InChI=1S/C14H21N3O2/c1-11-4-5-13(14(8-11)17(18)19)16(3)10-12-6-7-15(2)9-12/h4-5,8,12H,6-7,9-10H2,1-3H3. The van der Waals surface area contributed by atoms with Crippen molar-refractivity contribution in [3.63, 3.8) is 0 Å². The van der Waals surface area contributed by atoms with E-state index >= 15 is 0 Å². The molecule has 0 aromatic heterocycles. The molecule has 0 aliphatic carbocycles. The molecule has 0 saturated carbocycles. The summed E-state index contributed by atoms with van der Waals surface area (Å²) in [5, 5.41) is 11.1. The zero-order valence-electron chi connectivity index (χ0n) is 11.8. The maximum atomic E-state index is 11.1.